The van der Waals surface area contributed by atoms with Gasteiger partial charge in [0, 0.05) is 12.6 Å². The molecule has 3 rings (SSSR count). The third kappa shape index (κ3) is 7.62. The van der Waals surface area contributed by atoms with E-state index in [1.165, 1.54) is 0 Å². The summed E-state index contributed by atoms with van der Waals surface area (Å²) in [6.07, 6.45) is 4.67. The van der Waals surface area contributed by atoms with Gasteiger partial charge in [0.25, 0.3) is 5.91 Å². The molecular weight excluding hydrogens is 563 g/mol. The molecule has 1 aliphatic carbocycles. The van der Waals surface area contributed by atoms with Gasteiger partial charge < -0.3 is 15.0 Å². The van der Waals surface area contributed by atoms with Crippen molar-refractivity contribution in [1.82, 2.24) is 10.2 Å². The second-order valence-electron chi connectivity index (χ2n) is 10.4. The van der Waals surface area contributed by atoms with Crippen molar-refractivity contribution in [3.63, 3.8) is 0 Å². The van der Waals surface area contributed by atoms with Crippen LogP contribution in [0.15, 0.2) is 40.9 Å². The van der Waals surface area contributed by atoms with Crippen LogP contribution in [0, 0.1) is 0 Å². The number of benzene rings is 2. The van der Waals surface area contributed by atoms with Crippen molar-refractivity contribution in [3.05, 3.63) is 62.0 Å². The molecule has 5 nitrogen and oxygen atoms in total. The van der Waals surface area contributed by atoms with Gasteiger partial charge in [0.2, 0.25) is 5.91 Å². The fourth-order valence-corrected chi connectivity index (χ4v) is 5.24. The predicted molar refractivity (Wildman–Crippen MR) is 150 cm³/mol. The molecule has 196 valence electrons. The van der Waals surface area contributed by atoms with Crippen LogP contribution in [0.25, 0.3) is 0 Å². The standard InChI is InChI=1S/C28H35BrCl2N2O3/c1-5-24(27(35)32-20-8-6-7-9-20)33(16-18-10-12-22(30)23(31)14-18)26(34)17-36-25-13-11-19(15-21(25)29)28(2,3)4/h10-15,20,24H,5-9,16-17H2,1-4H3,(H,32,35). The average Bonchev–Trinajstić information content (AvgIpc) is 3.32. The molecule has 2 aromatic carbocycles. The lowest BCUT2D eigenvalue weighted by Gasteiger charge is -2.31. The highest BCUT2D eigenvalue weighted by Crippen LogP contribution is 2.32. The van der Waals surface area contributed by atoms with Crippen molar-refractivity contribution in [2.75, 3.05) is 6.61 Å². The summed E-state index contributed by atoms with van der Waals surface area (Å²) in [6.45, 7) is 8.36. The topological polar surface area (TPSA) is 58.6 Å². The molecule has 36 heavy (non-hydrogen) atoms. The Hall–Kier alpha value is -1.76. The normalized spacial score (nSPS) is 15.0. The van der Waals surface area contributed by atoms with Crippen molar-refractivity contribution >= 4 is 50.9 Å². The van der Waals surface area contributed by atoms with E-state index in [0.717, 1.165) is 41.3 Å². The quantitative estimate of drug-likeness (QED) is 0.330. The molecular formula is C28H35BrCl2N2O3. The van der Waals surface area contributed by atoms with Gasteiger partial charge in [0.15, 0.2) is 6.61 Å². The minimum absolute atomic E-state index is 0.00541. The zero-order chi connectivity index (χ0) is 26.5. The van der Waals surface area contributed by atoms with E-state index in [-0.39, 0.29) is 36.4 Å². The number of nitrogens with zero attached hydrogens (tertiary/aromatic N) is 1. The zero-order valence-electron chi connectivity index (χ0n) is 21.4. The zero-order valence-corrected chi connectivity index (χ0v) is 24.5. The molecule has 1 N–H and O–H groups in total. The maximum Gasteiger partial charge on any atom is 0.261 e. The van der Waals surface area contributed by atoms with Gasteiger partial charge in [0.1, 0.15) is 11.8 Å². The summed E-state index contributed by atoms with van der Waals surface area (Å²) in [5.74, 6) is 0.170. The van der Waals surface area contributed by atoms with Crippen molar-refractivity contribution in [2.24, 2.45) is 0 Å². The van der Waals surface area contributed by atoms with Gasteiger partial charge in [-0.05, 0) is 76.0 Å². The van der Waals surface area contributed by atoms with E-state index in [1.54, 1.807) is 17.0 Å². The van der Waals surface area contributed by atoms with E-state index in [4.69, 9.17) is 27.9 Å². The van der Waals surface area contributed by atoms with Crippen LogP contribution in [0.3, 0.4) is 0 Å². The summed E-state index contributed by atoms with van der Waals surface area (Å²) >= 11 is 15.9. The molecule has 0 heterocycles. The minimum atomic E-state index is -0.622. The fraction of sp³-hybridized carbons (Fsp3) is 0.500. The first-order valence-electron chi connectivity index (χ1n) is 12.5. The average molecular weight is 598 g/mol. The van der Waals surface area contributed by atoms with E-state index in [1.807, 2.05) is 31.2 Å². The van der Waals surface area contributed by atoms with Crippen molar-refractivity contribution < 1.29 is 14.3 Å². The fourth-order valence-electron chi connectivity index (χ4n) is 4.43. The smallest absolute Gasteiger partial charge is 0.261 e. The first-order valence-corrected chi connectivity index (χ1v) is 14.0. The van der Waals surface area contributed by atoms with Crippen LogP contribution < -0.4 is 10.1 Å². The Morgan fingerprint density at radius 3 is 2.39 bits per heavy atom. The molecule has 1 fully saturated rings. The van der Waals surface area contributed by atoms with Gasteiger partial charge in [-0.15, -0.1) is 0 Å². The second kappa shape index (κ2) is 12.7. The molecule has 0 aliphatic heterocycles. The molecule has 0 radical (unpaired) electrons. The van der Waals surface area contributed by atoms with Gasteiger partial charge in [-0.2, -0.15) is 0 Å². The summed E-state index contributed by atoms with van der Waals surface area (Å²) in [6, 6.07) is 10.7. The van der Waals surface area contributed by atoms with E-state index < -0.39 is 6.04 Å². The van der Waals surface area contributed by atoms with E-state index >= 15 is 0 Å². The Balaban J connectivity index is 1.80. The third-order valence-corrected chi connectivity index (χ3v) is 7.93. The molecule has 1 saturated carbocycles. The number of nitrogens with one attached hydrogen (secondary N) is 1. The molecule has 1 atom stereocenters. The van der Waals surface area contributed by atoms with Crippen molar-refractivity contribution in [2.45, 2.75) is 83.8 Å². The SMILES string of the molecule is CCC(C(=O)NC1CCCC1)N(Cc1ccc(Cl)c(Cl)c1)C(=O)COc1ccc(C(C)(C)C)cc1Br. The minimum Gasteiger partial charge on any atom is -0.483 e. The Morgan fingerprint density at radius 2 is 1.81 bits per heavy atom. The largest absolute Gasteiger partial charge is 0.483 e. The third-order valence-electron chi connectivity index (χ3n) is 6.57. The maximum atomic E-state index is 13.5. The van der Waals surface area contributed by atoms with E-state index in [9.17, 15) is 9.59 Å². The lowest BCUT2D eigenvalue weighted by molar-refractivity contribution is -0.143. The Labute approximate surface area is 233 Å². The van der Waals surface area contributed by atoms with Gasteiger partial charge in [-0.1, -0.05) is 75.9 Å². The number of rotatable bonds is 9. The van der Waals surface area contributed by atoms with E-state index in [2.05, 4.69) is 42.0 Å². The second-order valence-corrected chi connectivity index (χ2v) is 12.0. The Kier molecular flexibility index (Phi) is 10.1. The van der Waals surface area contributed by atoms with Crippen LogP contribution in [0.4, 0.5) is 0 Å². The number of hydrogen-bond donors (Lipinski definition) is 1. The lowest BCUT2D eigenvalue weighted by Crippen LogP contribution is -2.52. The first kappa shape index (κ1) is 28.8. The highest BCUT2D eigenvalue weighted by molar-refractivity contribution is 9.10. The molecule has 8 heteroatoms. The van der Waals surface area contributed by atoms with Crippen LogP contribution in [0.5, 0.6) is 5.75 Å². The molecule has 0 aromatic heterocycles. The maximum absolute atomic E-state index is 13.5. The molecule has 2 amide bonds. The molecule has 1 unspecified atom stereocenters. The van der Waals surface area contributed by atoms with Crippen molar-refractivity contribution in [1.29, 1.82) is 0 Å². The van der Waals surface area contributed by atoms with Crippen molar-refractivity contribution in [3.8, 4) is 5.75 Å². The van der Waals surface area contributed by atoms with Crippen LogP contribution in [0.1, 0.15) is 70.9 Å². The number of carbonyl (C=O) groups excluding carboxylic acids is 2. The van der Waals surface area contributed by atoms with Crippen LogP contribution in [-0.4, -0.2) is 35.4 Å². The van der Waals surface area contributed by atoms with E-state index in [0.29, 0.717) is 22.2 Å². The molecule has 0 bridgehead atoms. The summed E-state index contributed by atoms with van der Waals surface area (Å²) in [4.78, 5) is 28.3. The van der Waals surface area contributed by atoms with Gasteiger partial charge >= 0.3 is 0 Å². The molecule has 0 spiro atoms. The summed E-state index contributed by atoms with van der Waals surface area (Å²) in [5.41, 5.74) is 1.94. The van der Waals surface area contributed by atoms with Gasteiger partial charge in [0.05, 0.1) is 14.5 Å². The monoisotopic (exact) mass is 596 g/mol. The number of halogens is 3. The first-order chi connectivity index (χ1) is 17.0. The van der Waals surface area contributed by atoms with Crippen LogP contribution in [0.2, 0.25) is 10.0 Å². The predicted octanol–water partition coefficient (Wildman–Crippen LogP) is 7.30. The van der Waals surface area contributed by atoms with Crippen LogP contribution in [-0.2, 0) is 21.5 Å². The van der Waals surface area contributed by atoms with Gasteiger partial charge in [-0.25, -0.2) is 0 Å². The number of ether oxygens (including phenoxy) is 1. The Morgan fingerprint density at radius 1 is 1.11 bits per heavy atom. The number of hydrogen-bond acceptors (Lipinski definition) is 3. The molecule has 0 saturated heterocycles. The lowest BCUT2D eigenvalue weighted by atomic mass is 9.87. The number of carbonyl (C=O) groups is 2. The highest BCUT2D eigenvalue weighted by Gasteiger charge is 2.31. The summed E-state index contributed by atoms with van der Waals surface area (Å²) < 4.78 is 6.70. The molecule has 1 aliphatic rings. The number of amides is 2. The molecule has 2 aromatic rings. The summed E-state index contributed by atoms with van der Waals surface area (Å²) in [5, 5.41) is 3.99. The van der Waals surface area contributed by atoms with Crippen LogP contribution >= 0.6 is 39.1 Å². The Bertz CT molecular complexity index is 1080. The van der Waals surface area contributed by atoms with Gasteiger partial charge in [-0.3, -0.25) is 9.59 Å². The summed E-state index contributed by atoms with van der Waals surface area (Å²) in [7, 11) is 0. The highest BCUT2D eigenvalue weighted by atomic mass is 79.9.